The van der Waals surface area contributed by atoms with E-state index in [9.17, 15) is 13.2 Å². The van der Waals surface area contributed by atoms with Crippen LogP contribution in [0.25, 0.3) is 0 Å². The zero-order chi connectivity index (χ0) is 14.3. The zero-order valence-electron chi connectivity index (χ0n) is 10.9. The van der Waals surface area contributed by atoms with Gasteiger partial charge in [0.05, 0.1) is 11.3 Å². The van der Waals surface area contributed by atoms with Crippen LogP contribution in [0.5, 0.6) is 0 Å². The molecule has 5 nitrogen and oxygen atoms in total. The smallest absolute Gasteiger partial charge is 0.336 e. The molecule has 19 heavy (non-hydrogen) atoms. The van der Waals surface area contributed by atoms with Crippen LogP contribution in [0, 0.1) is 0 Å². The molecule has 0 fully saturated rings. The quantitative estimate of drug-likeness (QED) is 0.715. The number of benzene rings is 1. The van der Waals surface area contributed by atoms with Gasteiger partial charge >= 0.3 is 5.97 Å². The molecule has 0 atom stereocenters. The molecule has 0 bridgehead atoms. The molecular weight excluding hydrogens is 266 g/mol. The van der Waals surface area contributed by atoms with Gasteiger partial charge in [-0.05, 0) is 18.1 Å². The Balaban J connectivity index is 2.64. The van der Waals surface area contributed by atoms with Crippen molar-refractivity contribution in [3.8, 4) is 0 Å². The first-order valence-electron chi connectivity index (χ1n) is 6.25. The Labute approximate surface area is 113 Å². The van der Waals surface area contributed by atoms with Crippen molar-refractivity contribution in [2.45, 2.75) is 32.7 Å². The summed E-state index contributed by atoms with van der Waals surface area (Å²) in [6.45, 7) is 2.01. The number of carbonyl (C=O) groups is 1. The number of hydrogen-bond acceptors (Lipinski definition) is 3. The number of hydrogen-bond donors (Lipinski definition) is 2. The Morgan fingerprint density at radius 2 is 1.95 bits per heavy atom. The summed E-state index contributed by atoms with van der Waals surface area (Å²) >= 11 is 0. The van der Waals surface area contributed by atoms with Gasteiger partial charge in [0.15, 0.2) is 0 Å². The largest absolute Gasteiger partial charge is 0.478 e. The summed E-state index contributed by atoms with van der Waals surface area (Å²) in [5.41, 5.74) is 0.591. The van der Waals surface area contributed by atoms with Crippen LogP contribution >= 0.6 is 0 Å². The standard InChI is InChI=1S/C13H19NO4S/c1-2-3-6-9-19(17,18)14-10-11-7-4-5-8-12(11)13(15)16/h4-5,7-8,14H,2-3,6,9-10H2,1H3,(H,15,16). The normalized spacial score (nSPS) is 11.4. The Kier molecular flexibility index (Phi) is 5.98. The average Bonchev–Trinajstić information content (AvgIpc) is 2.37. The van der Waals surface area contributed by atoms with Gasteiger partial charge in [-0.3, -0.25) is 0 Å². The van der Waals surface area contributed by atoms with Gasteiger partial charge in [0.1, 0.15) is 0 Å². The van der Waals surface area contributed by atoms with Crippen LogP contribution < -0.4 is 4.72 Å². The lowest BCUT2D eigenvalue weighted by Gasteiger charge is -2.08. The first-order valence-corrected chi connectivity index (χ1v) is 7.90. The summed E-state index contributed by atoms with van der Waals surface area (Å²) in [4.78, 5) is 11.0. The monoisotopic (exact) mass is 285 g/mol. The Hall–Kier alpha value is -1.40. The van der Waals surface area contributed by atoms with E-state index in [2.05, 4.69) is 4.72 Å². The highest BCUT2D eigenvalue weighted by molar-refractivity contribution is 7.89. The van der Waals surface area contributed by atoms with E-state index in [-0.39, 0.29) is 17.9 Å². The molecule has 0 saturated heterocycles. The zero-order valence-corrected chi connectivity index (χ0v) is 11.7. The number of nitrogens with one attached hydrogen (secondary N) is 1. The molecule has 0 aliphatic carbocycles. The number of carboxylic acids is 1. The SMILES string of the molecule is CCCCCS(=O)(=O)NCc1ccccc1C(=O)O. The van der Waals surface area contributed by atoms with Gasteiger partial charge in [0.2, 0.25) is 10.0 Å². The second-order valence-corrected chi connectivity index (χ2v) is 6.24. The highest BCUT2D eigenvalue weighted by Crippen LogP contribution is 2.09. The predicted molar refractivity (Wildman–Crippen MR) is 73.6 cm³/mol. The van der Waals surface area contributed by atoms with Crippen molar-refractivity contribution in [1.29, 1.82) is 0 Å². The molecule has 0 aliphatic rings. The van der Waals surface area contributed by atoms with Crippen LogP contribution in [0.4, 0.5) is 0 Å². The molecule has 0 saturated carbocycles. The Morgan fingerprint density at radius 1 is 1.26 bits per heavy atom. The minimum atomic E-state index is -3.34. The molecule has 0 heterocycles. The molecule has 0 amide bonds. The summed E-state index contributed by atoms with van der Waals surface area (Å²) < 4.78 is 25.8. The molecular formula is C13H19NO4S. The van der Waals surface area contributed by atoms with E-state index in [0.29, 0.717) is 12.0 Å². The van der Waals surface area contributed by atoms with E-state index in [1.807, 2.05) is 6.92 Å². The van der Waals surface area contributed by atoms with Crippen LogP contribution in [-0.2, 0) is 16.6 Å². The van der Waals surface area contributed by atoms with Crippen molar-refractivity contribution in [1.82, 2.24) is 4.72 Å². The maximum Gasteiger partial charge on any atom is 0.336 e. The molecule has 6 heteroatoms. The average molecular weight is 285 g/mol. The van der Waals surface area contributed by atoms with Gasteiger partial charge in [-0.25, -0.2) is 17.9 Å². The number of unbranched alkanes of at least 4 members (excludes halogenated alkanes) is 2. The lowest BCUT2D eigenvalue weighted by molar-refractivity contribution is 0.0695. The lowest BCUT2D eigenvalue weighted by atomic mass is 10.1. The van der Waals surface area contributed by atoms with Gasteiger partial charge < -0.3 is 5.11 Å². The van der Waals surface area contributed by atoms with Gasteiger partial charge in [0.25, 0.3) is 0 Å². The first kappa shape index (κ1) is 15.7. The summed E-state index contributed by atoms with van der Waals surface area (Å²) in [6.07, 6.45) is 2.44. The first-order chi connectivity index (χ1) is 8.96. The lowest BCUT2D eigenvalue weighted by Crippen LogP contribution is -2.26. The summed E-state index contributed by atoms with van der Waals surface area (Å²) in [7, 11) is -3.34. The highest BCUT2D eigenvalue weighted by atomic mass is 32.2. The third-order valence-electron chi connectivity index (χ3n) is 2.75. The molecule has 106 valence electrons. The molecule has 1 rings (SSSR count). The van der Waals surface area contributed by atoms with Crippen molar-refractivity contribution < 1.29 is 18.3 Å². The molecule has 0 aliphatic heterocycles. The van der Waals surface area contributed by atoms with Crippen LogP contribution in [0.1, 0.15) is 42.1 Å². The van der Waals surface area contributed by atoms with Crippen LogP contribution in [0.3, 0.4) is 0 Å². The van der Waals surface area contributed by atoms with Gasteiger partial charge in [-0.1, -0.05) is 38.0 Å². The number of aromatic carboxylic acids is 1. The Morgan fingerprint density at radius 3 is 2.58 bits per heavy atom. The second-order valence-electron chi connectivity index (χ2n) is 4.31. The van der Waals surface area contributed by atoms with E-state index >= 15 is 0 Å². The van der Waals surface area contributed by atoms with Crippen molar-refractivity contribution in [2.24, 2.45) is 0 Å². The summed E-state index contributed by atoms with van der Waals surface area (Å²) in [5, 5.41) is 8.99. The molecule has 1 aromatic rings. The van der Waals surface area contributed by atoms with Crippen LogP contribution in [0.2, 0.25) is 0 Å². The van der Waals surface area contributed by atoms with Gasteiger partial charge in [-0.2, -0.15) is 0 Å². The summed E-state index contributed by atoms with van der Waals surface area (Å²) in [5.74, 6) is -0.975. The fourth-order valence-corrected chi connectivity index (χ4v) is 2.79. The van der Waals surface area contributed by atoms with E-state index in [4.69, 9.17) is 5.11 Å². The van der Waals surface area contributed by atoms with E-state index in [0.717, 1.165) is 12.8 Å². The predicted octanol–water partition coefficient (Wildman–Crippen LogP) is 1.99. The maximum absolute atomic E-state index is 11.7. The Bertz CT molecular complexity index is 525. The van der Waals surface area contributed by atoms with Crippen LogP contribution in [-0.4, -0.2) is 25.2 Å². The third kappa shape index (κ3) is 5.40. The van der Waals surface area contributed by atoms with E-state index in [1.165, 1.54) is 6.07 Å². The second kappa shape index (κ2) is 7.25. The fourth-order valence-electron chi connectivity index (χ4n) is 1.69. The number of rotatable bonds is 8. The minimum absolute atomic E-state index is 0.0108. The van der Waals surface area contributed by atoms with Gasteiger partial charge in [0, 0.05) is 6.54 Å². The fraction of sp³-hybridized carbons (Fsp3) is 0.462. The molecule has 0 spiro atoms. The summed E-state index contributed by atoms with van der Waals surface area (Å²) in [6, 6.07) is 6.37. The molecule has 0 unspecified atom stereocenters. The number of sulfonamides is 1. The third-order valence-corrected chi connectivity index (χ3v) is 4.16. The van der Waals surface area contributed by atoms with E-state index in [1.54, 1.807) is 18.2 Å². The minimum Gasteiger partial charge on any atom is -0.478 e. The van der Waals surface area contributed by atoms with E-state index < -0.39 is 16.0 Å². The highest BCUT2D eigenvalue weighted by Gasteiger charge is 2.13. The maximum atomic E-state index is 11.7. The molecule has 0 aromatic heterocycles. The topological polar surface area (TPSA) is 83.5 Å². The van der Waals surface area contributed by atoms with Crippen LogP contribution in [0.15, 0.2) is 24.3 Å². The molecule has 1 aromatic carbocycles. The van der Waals surface area contributed by atoms with Crippen molar-refractivity contribution in [3.05, 3.63) is 35.4 Å². The van der Waals surface area contributed by atoms with Crippen molar-refractivity contribution in [2.75, 3.05) is 5.75 Å². The van der Waals surface area contributed by atoms with Gasteiger partial charge in [-0.15, -0.1) is 0 Å². The molecule has 0 radical (unpaired) electrons. The van der Waals surface area contributed by atoms with Crippen molar-refractivity contribution >= 4 is 16.0 Å². The number of carboxylic acid groups (broad SMARTS) is 1. The molecule has 2 N–H and O–H groups in total. The van der Waals surface area contributed by atoms with Crippen molar-refractivity contribution in [3.63, 3.8) is 0 Å².